The molecule has 5 heteroatoms. The van der Waals surface area contributed by atoms with E-state index in [0.717, 1.165) is 25.9 Å². The largest absolute Gasteiger partial charge is 0.378 e. The quantitative estimate of drug-likeness (QED) is 0.666. The standard InChI is InChI=1S/C19H37N3O2/c1-5-24-16-14-19(20,18(16,3)4)17(23)21-11-7-9-13-22-12-8-6-10-15(22)2/h15-16H,5-14,20H2,1-4H3,(H,21,23). The molecular formula is C19H37N3O2. The topological polar surface area (TPSA) is 67.6 Å². The predicted molar refractivity (Wildman–Crippen MR) is 97.9 cm³/mol. The SMILES string of the molecule is CCOC1CC(N)(C(=O)NCCCCN2CCCCC2C)C1(C)C. The fourth-order valence-electron chi connectivity index (χ4n) is 4.11. The van der Waals surface area contributed by atoms with Crippen LogP contribution in [0.1, 0.15) is 66.2 Å². The van der Waals surface area contributed by atoms with E-state index < -0.39 is 5.54 Å². The molecule has 2 fully saturated rings. The predicted octanol–water partition coefficient (Wildman–Crippen LogP) is 2.29. The van der Waals surface area contributed by atoms with Gasteiger partial charge >= 0.3 is 0 Å². The Morgan fingerprint density at radius 2 is 2.08 bits per heavy atom. The highest BCUT2D eigenvalue weighted by Crippen LogP contribution is 2.49. The van der Waals surface area contributed by atoms with E-state index in [0.29, 0.717) is 19.1 Å². The Hall–Kier alpha value is -0.650. The zero-order valence-electron chi connectivity index (χ0n) is 16.1. The third kappa shape index (κ3) is 3.94. The second-order valence-electron chi connectivity index (χ2n) is 8.18. The highest BCUT2D eigenvalue weighted by Gasteiger charge is 2.62. The number of piperidine rings is 1. The van der Waals surface area contributed by atoms with Gasteiger partial charge in [0.1, 0.15) is 5.54 Å². The van der Waals surface area contributed by atoms with Gasteiger partial charge in [0.25, 0.3) is 0 Å². The summed E-state index contributed by atoms with van der Waals surface area (Å²) in [6.07, 6.45) is 6.86. The molecule has 1 aliphatic carbocycles. The molecule has 1 saturated heterocycles. The normalized spacial score (nSPS) is 33.0. The van der Waals surface area contributed by atoms with Gasteiger partial charge in [-0.2, -0.15) is 0 Å². The molecule has 5 nitrogen and oxygen atoms in total. The second-order valence-corrected chi connectivity index (χ2v) is 8.18. The summed E-state index contributed by atoms with van der Waals surface area (Å²) in [6.45, 7) is 12.1. The maximum atomic E-state index is 12.5. The van der Waals surface area contributed by atoms with Gasteiger partial charge in [-0.15, -0.1) is 0 Å². The summed E-state index contributed by atoms with van der Waals surface area (Å²) in [5.74, 6) is -0.0187. The summed E-state index contributed by atoms with van der Waals surface area (Å²) >= 11 is 0. The second kappa shape index (κ2) is 8.15. The Labute approximate surface area is 147 Å². The van der Waals surface area contributed by atoms with Crippen molar-refractivity contribution < 1.29 is 9.53 Å². The number of likely N-dealkylation sites (tertiary alicyclic amines) is 1. The molecule has 0 bridgehead atoms. The molecule has 2 rings (SSSR count). The molecule has 0 aromatic rings. The van der Waals surface area contributed by atoms with Crippen LogP contribution in [0.5, 0.6) is 0 Å². The highest BCUT2D eigenvalue weighted by atomic mass is 16.5. The van der Waals surface area contributed by atoms with E-state index in [4.69, 9.17) is 10.5 Å². The van der Waals surface area contributed by atoms with Crippen molar-refractivity contribution in [2.24, 2.45) is 11.1 Å². The Morgan fingerprint density at radius 1 is 1.33 bits per heavy atom. The number of carbonyl (C=O) groups excluding carboxylic acids is 1. The number of amides is 1. The van der Waals surface area contributed by atoms with Crippen molar-refractivity contribution in [1.82, 2.24) is 10.2 Å². The van der Waals surface area contributed by atoms with Crippen molar-refractivity contribution in [3.05, 3.63) is 0 Å². The highest BCUT2D eigenvalue weighted by molar-refractivity contribution is 5.88. The van der Waals surface area contributed by atoms with Gasteiger partial charge in [0.05, 0.1) is 6.10 Å². The number of nitrogens with one attached hydrogen (secondary N) is 1. The van der Waals surface area contributed by atoms with Crippen molar-refractivity contribution >= 4 is 5.91 Å². The van der Waals surface area contributed by atoms with E-state index in [9.17, 15) is 4.79 Å². The fraction of sp³-hybridized carbons (Fsp3) is 0.947. The third-order valence-electron chi connectivity index (χ3n) is 6.33. The molecule has 0 aromatic heterocycles. The van der Waals surface area contributed by atoms with E-state index in [1.807, 2.05) is 20.8 Å². The van der Waals surface area contributed by atoms with Crippen LogP contribution < -0.4 is 11.1 Å². The van der Waals surface area contributed by atoms with Crippen LogP contribution in [0.15, 0.2) is 0 Å². The van der Waals surface area contributed by atoms with Crippen LogP contribution in [-0.2, 0) is 9.53 Å². The number of hydrogen-bond donors (Lipinski definition) is 2. The van der Waals surface area contributed by atoms with Crippen LogP contribution in [0, 0.1) is 5.41 Å². The zero-order chi connectivity index (χ0) is 17.8. The van der Waals surface area contributed by atoms with Crippen molar-refractivity contribution in [1.29, 1.82) is 0 Å². The van der Waals surface area contributed by atoms with Crippen LogP contribution in [0.3, 0.4) is 0 Å². The number of nitrogens with two attached hydrogens (primary N) is 1. The van der Waals surface area contributed by atoms with E-state index in [1.165, 1.54) is 25.8 Å². The number of carbonyl (C=O) groups is 1. The minimum absolute atomic E-state index is 0.0187. The Morgan fingerprint density at radius 3 is 2.71 bits per heavy atom. The lowest BCUT2D eigenvalue weighted by atomic mass is 9.54. The molecule has 1 saturated carbocycles. The molecule has 3 unspecified atom stereocenters. The maximum Gasteiger partial charge on any atom is 0.240 e. The van der Waals surface area contributed by atoms with Gasteiger partial charge in [-0.1, -0.05) is 20.3 Å². The summed E-state index contributed by atoms with van der Waals surface area (Å²) in [5.41, 5.74) is 5.29. The molecule has 140 valence electrons. The monoisotopic (exact) mass is 339 g/mol. The average Bonchev–Trinajstić information content (AvgIpc) is 2.55. The minimum atomic E-state index is -0.797. The lowest BCUT2D eigenvalue weighted by molar-refractivity contribution is -0.170. The van der Waals surface area contributed by atoms with Crippen molar-refractivity contribution in [2.75, 3.05) is 26.2 Å². The van der Waals surface area contributed by atoms with Crippen molar-refractivity contribution in [3.8, 4) is 0 Å². The van der Waals surface area contributed by atoms with Gasteiger partial charge in [0, 0.05) is 31.0 Å². The van der Waals surface area contributed by atoms with Crippen LogP contribution >= 0.6 is 0 Å². The first kappa shape index (κ1) is 19.7. The molecule has 0 radical (unpaired) electrons. The molecule has 3 atom stereocenters. The van der Waals surface area contributed by atoms with Crippen molar-refractivity contribution in [2.45, 2.75) is 83.9 Å². The summed E-state index contributed by atoms with van der Waals surface area (Å²) in [4.78, 5) is 15.1. The van der Waals surface area contributed by atoms with Crippen LogP contribution in [0.2, 0.25) is 0 Å². The van der Waals surface area contributed by atoms with Gasteiger partial charge < -0.3 is 20.7 Å². The fourth-order valence-corrected chi connectivity index (χ4v) is 4.11. The summed E-state index contributed by atoms with van der Waals surface area (Å²) in [5, 5.41) is 3.05. The molecule has 1 heterocycles. The molecule has 1 aliphatic heterocycles. The van der Waals surface area contributed by atoms with Gasteiger partial charge in [0.15, 0.2) is 0 Å². The molecule has 0 aromatic carbocycles. The van der Waals surface area contributed by atoms with Crippen LogP contribution in [0.25, 0.3) is 0 Å². The van der Waals surface area contributed by atoms with E-state index in [-0.39, 0.29) is 17.4 Å². The molecule has 0 spiro atoms. The Kier molecular flexibility index (Phi) is 6.68. The summed E-state index contributed by atoms with van der Waals surface area (Å²) in [7, 11) is 0. The molecule has 3 N–H and O–H groups in total. The number of unbranched alkanes of at least 4 members (excludes halogenated alkanes) is 1. The number of nitrogens with zero attached hydrogens (tertiary/aromatic N) is 1. The average molecular weight is 340 g/mol. The van der Waals surface area contributed by atoms with E-state index >= 15 is 0 Å². The Balaban J connectivity index is 1.66. The third-order valence-corrected chi connectivity index (χ3v) is 6.33. The first-order valence-corrected chi connectivity index (χ1v) is 9.75. The smallest absolute Gasteiger partial charge is 0.240 e. The minimum Gasteiger partial charge on any atom is -0.378 e. The number of hydrogen-bond acceptors (Lipinski definition) is 4. The zero-order valence-corrected chi connectivity index (χ0v) is 16.1. The van der Waals surface area contributed by atoms with Crippen LogP contribution in [-0.4, -0.2) is 54.7 Å². The van der Waals surface area contributed by atoms with Crippen molar-refractivity contribution in [3.63, 3.8) is 0 Å². The van der Waals surface area contributed by atoms with Gasteiger partial charge in [-0.25, -0.2) is 0 Å². The van der Waals surface area contributed by atoms with Gasteiger partial charge in [0.2, 0.25) is 5.91 Å². The first-order valence-electron chi connectivity index (χ1n) is 9.75. The summed E-state index contributed by atoms with van der Waals surface area (Å²) < 4.78 is 5.69. The van der Waals surface area contributed by atoms with Gasteiger partial charge in [-0.3, -0.25) is 4.79 Å². The Bertz CT molecular complexity index is 427. The molecule has 1 amide bonds. The van der Waals surface area contributed by atoms with E-state index in [2.05, 4.69) is 17.1 Å². The lowest BCUT2D eigenvalue weighted by Crippen LogP contribution is -2.75. The molecule has 2 aliphatic rings. The summed E-state index contributed by atoms with van der Waals surface area (Å²) in [6, 6.07) is 0.715. The number of ether oxygens (including phenoxy) is 1. The number of rotatable bonds is 8. The van der Waals surface area contributed by atoms with Gasteiger partial charge in [-0.05, 0) is 52.6 Å². The maximum absolute atomic E-state index is 12.5. The lowest BCUT2D eigenvalue weighted by Gasteiger charge is -2.57. The molecule has 24 heavy (non-hydrogen) atoms. The van der Waals surface area contributed by atoms with Crippen LogP contribution in [0.4, 0.5) is 0 Å². The molecular weight excluding hydrogens is 302 g/mol. The van der Waals surface area contributed by atoms with E-state index in [1.54, 1.807) is 0 Å². The first-order chi connectivity index (χ1) is 11.3.